The summed E-state index contributed by atoms with van der Waals surface area (Å²) in [6.45, 7) is 10.7. The average Bonchev–Trinajstić information content (AvgIpc) is 2.61. The summed E-state index contributed by atoms with van der Waals surface area (Å²) < 4.78 is 5.42. The van der Waals surface area contributed by atoms with E-state index < -0.39 is 0 Å². The number of nitrogens with one attached hydrogen (secondary N) is 3. The standard InChI is InChI=1S/C20H30N4O4/c1-13(2)19(24-5-7-28-8-6-24)12-21-20(27)16-9-17(22-14(3)25)11-18(10-16)23-15(4)26/h9-11,13,19H,5-8,12H2,1-4H3,(H,21,27)(H,22,25)(H,23,26). The molecule has 1 fully saturated rings. The number of anilines is 2. The highest BCUT2D eigenvalue weighted by Crippen LogP contribution is 2.20. The van der Waals surface area contributed by atoms with Gasteiger partial charge in [-0.25, -0.2) is 0 Å². The molecular weight excluding hydrogens is 360 g/mol. The van der Waals surface area contributed by atoms with Crippen LogP contribution in [0.3, 0.4) is 0 Å². The number of hydrogen-bond acceptors (Lipinski definition) is 5. The summed E-state index contributed by atoms with van der Waals surface area (Å²) in [5.74, 6) is -0.381. The van der Waals surface area contributed by atoms with Crippen LogP contribution in [0, 0.1) is 5.92 Å². The number of rotatable bonds is 7. The predicted octanol–water partition coefficient (Wildman–Crippen LogP) is 1.69. The summed E-state index contributed by atoms with van der Waals surface area (Å²) in [5.41, 5.74) is 1.29. The third kappa shape index (κ3) is 6.61. The smallest absolute Gasteiger partial charge is 0.251 e. The lowest BCUT2D eigenvalue weighted by Gasteiger charge is -2.36. The van der Waals surface area contributed by atoms with Crippen LogP contribution in [0.1, 0.15) is 38.1 Å². The molecule has 0 radical (unpaired) electrons. The van der Waals surface area contributed by atoms with Gasteiger partial charge in [0.1, 0.15) is 0 Å². The van der Waals surface area contributed by atoms with Crippen molar-refractivity contribution in [3.63, 3.8) is 0 Å². The highest BCUT2D eigenvalue weighted by molar-refractivity contribution is 5.99. The van der Waals surface area contributed by atoms with E-state index in [-0.39, 0.29) is 23.8 Å². The lowest BCUT2D eigenvalue weighted by molar-refractivity contribution is -0.115. The van der Waals surface area contributed by atoms with Gasteiger partial charge in [-0.05, 0) is 24.1 Å². The van der Waals surface area contributed by atoms with E-state index >= 15 is 0 Å². The van der Waals surface area contributed by atoms with Crippen molar-refractivity contribution in [1.82, 2.24) is 10.2 Å². The average molecular weight is 390 g/mol. The number of benzene rings is 1. The molecule has 8 heteroatoms. The van der Waals surface area contributed by atoms with Crippen molar-refractivity contribution in [2.75, 3.05) is 43.5 Å². The van der Waals surface area contributed by atoms with Gasteiger partial charge in [0.05, 0.1) is 13.2 Å². The van der Waals surface area contributed by atoms with E-state index in [1.165, 1.54) is 13.8 Å². The molecule has 3 amide bonds. The van der Waals surface area contributed by atoms with E-state index in [9.17, 15) is 14.4 Å². The molecule has 1 aromatic rings. The van der Waals surface area contributed by atoms with Crippen molar-refractivity contribution in [2.45, 2.75) is 33.7 Å². The Hall–Kier alpha value is -2.45. The van der Waals surface area contributed by atoms with Crippen LogP contribution < -0.4 is 16.0 Å². The third-order valence-electron chi connectivity index (χ3n) is 4.59. The molecule has 28 heavy (non-hydrogen) atoms. The maximum absolute atomic E-state index is 12.8. The Morgan fingerprint density at radius 3 is 2.00 bits per heavy atom. The Kier molecular flexibility index (Phi) is 7.95. The molecule has 0 aliphatic carbocycles. The normalized spacial score (nSPS) is 15.8. The van der Waals surface area contributed by atoms with Gasteiger partial charge in [-0.15, -0.1) is 0 Å². The summed E-state index contributed by atoms with van der Waals surface area (Å²) in [5, 5.41) is 8.30. The second-order valence-corrected chi connectivity index (χ2v) is 7.33. The molecule has 8 nitrogen and oxygen atoms in total. The summed E-state index contributed by atoms with van der Waals surface area (Å²) >= 11 is 0. The summed E-state index contributed by atoms with van der Waals surface area (Å²) in [4.78, 5) is 37.8. The molecule has 0 bridgehead atoms. The summed E-state index contributed by atoms with van der Waals surface area (Å²) in [6.07, 6.45) is 0. The Labute approximate surface area is 166 Å². The lowest BCUT2D eigenvalue weighted by atomic mass is 10.0. The van der Waals surface area contributed by atoms with Crippen LogP contribution in [-0.2, 0) is 14.3 Å². The van der Waals surface area contributed by atoms with E-state index in [1.54, 1.807) is 18.2 Å². The van der Waals surface area contributed by atoms with Gasteiger partial charge in [-0.2, -0.15) is 0 Å². The number of hydrogen-bond donors (Lipinski definition) is 3. The zero-order chi connectivity index (χ0) is 20.7. The van der Waals surface area contributed by atoms with Crippen molar-refractivity contribution in [3.8, 4) is 0 Å². The molecular formula is C20H30N4O4. The van der Waals surface area contributed by atoms with Crippen molar-refractivity contribution < 1.29 is 19.1 Å². The van der Waals surface area contributed by atoms with Gasteiger partial charge in [-0.3, -0.25) is 19.3 Å². The number of morpholine rings is 1. The zero-order valence-electron chi connectivity index (χ0n) is 17.0. The number of amides is 3. The maximum atomic E-state index is 12.8. The second kappa shape index (κ2) is 10.2. The first kappa shape index (κ1) is 21.8. The summed E-state index contributed by atoms with van der Waals surface area (Å²) in [7, 11) is 0. The van der Waals surface area contributed by atoms with E-state index in [0.29, 0.717) is 42.6 Å². The molecule has 154 valence electrons. The molecule has 1 aliphatic heterocycles. The van der Waals surface area contributed by atoms with Crippen molar-refractivity contribution in [3.05, 3.63) is 23.8 Å². The fourth-order valence-electron chi connectivity index (χ4n) is 3.30. The van der Waals surface area contributed by atoms with Crippen molar-refractivity contribution >= 4 is 29.1 Å². The van der Waals surface area contributed by atoms with Gasteiger partial charge in [0.25, 0.3) is 5.91 Å². The van der Waals surface area contributed by atoms with Crippen LogP contribution in [0.15, 0.2) is 18.2 Å². The minimum atomic E-state index is -0.252. The molecule has 1 saturated heterocycles. The maximum Gasteiger partial charge on any atom is 0.251 e. The number of ether oxygens (including phenoxy) is 1. The molecule has 0 spiro atoms. The lowest BCUT2D eigenvalue weighted by Crippen LogP contribution is -2.51. The Morgan fingerprint density at radius 2 is 1.54 bits per heavy atom. The molecule has 1 aromatic carbocycles. The first-order valence-corrected chi connectivity index (χ1v) is 9.56. The molecule has 0 aromatic heterocycles. The van der Waals surface area contributed by atoms with Crippen LogP contribution >= 0.6 is 0 Å². The molecule has 0 saturated carbocycles. The molecule has 2 rings (SSSR count). The zero-order valence-corrected chi connectivity index (χ0v) is 17.0. The van der Waals surface area contributed by atoms with Gasteiger partial charge < -0.3 is 20.7 Å². The first-order chi connectivity index (χ1) is 13.3. The Bertz CT molecular complexity index is 680. The molecule has 1 unspecified atom stereocenters. The third-order valence-corrected chi connectivity index (χ3v) is 4.59. The number of nitrogens with zero attached hydrogens (tertiary/aromatic N) is 1. The van der Waals surface area contributed by atoms with E-state index in [2.05, 4.69) is 34.7 Å². The van der Waals surface area contributed by atoms with Crippen molar-refractivity contribution in [2.24, 2.45) is 5.92 Å². The largest absolute Gasteiger partial charge is 0.379 e. The molecule has 1 atom stereocenters. The highest BCUT2D eigenvalue weighted by atomic mass is 16.5. The van der Waals surface area contributed by atoms with Gasteiger partial charge in [0.2, 0.25) is 11.8 Å². The predicted molar refractivity (Wildman–Crippen MR) is 108 cm³/mol. The quantitative estimate of drug-likeness (QED) is 0.658. The minimum absolute atomic E-state index is 0.209. The number of carbonyl (C=O) groups excluding carboxylic acids is 3. The topological polar surface area (TPSA) is 99.8 Å². The first-order valence-electron chi connectivity index (χ1n) is 9.56. The van der Waals surface area contributed by atoms with E-state index in [0.717, 1.165) is 13.1 Å². The van der Waals surface area contributed by atoms with E-state index in [1.807, 2.05) is 0 Å². The van der Waals surface area contributed by atoms with Crippen LogP contribution in [0.5, 0.6) is 0 Å². The SMILES string of the molecule is CC(=O)Nc1cc(NC(C)=O)cc(C(=O)NCC(C(C)C)N2CCOCC2)c1. The molecule has 1 aliphatic rings. The molecule has 3 N–H and O–H groups in total. The minimum Gasteiger partial charge on any atom is -0.379 e. The Balaban J connectivity index is 2.12. The fourth-order valence-corrected chi connectivity index (χ4v) is 3.30. The molecule has 1 heterocycles. The monoisotopic (exact) mass is 390 g/mol. The van der Waals surface area contributed by atoms with Crippen LogP contribution in [0.2, 0.25) is 0 Å². The van der Waals surface area contributed by atoms with Crippen LogP contribution in [0.4, 0.5) is 11.4 Å². The summed E-state index contributed by atoms with van der Waals surface area (Å²) in [6, 6.07) is 5.02. The van der Waals surface area contributed by atoms with Gasteiger partial charge in [0.15, 0.2) is 0 Å². The fraction of sp³-hybridized carbons (Fsp3) is 0.550. The van der Waals surface area contributed by atoms with E-state index in [4.69, 9.17) is 4.74 Å². The van der Waals surface area contributed by atoms with Crippen LogP contribution in [0.25, 0.3) is 0 Å². The van der Waals surface area contributed by atoms with Gasteiger partial charge >= 0.3 is 0 Å². The van der Waals surface area contributed by atoms with Gasteiger partial charge in [-0.1, -0.05) is 13.8 Å². The van der Waals surface area contributed by atoms with Crippen molar-refractivity contribution in [1.29, 1.82) is 0 Å². The van der Waals surface area contributed by atoms with Crippen LogP contribution in [-0.4, -0.2) is 61.5 Å². The Morgan fingerprint density at radius 1 is 1.00 bits per heavy atom. The highest BCUT2D eigenvalue weighted by Gasteiger charge is 2.24. The van der Waals surface area contributed by atoms with Gasteiger partial charge in [0, 0.05) is 56.5 Å². The number of carbonyl (C=O) groups is 3. The second-order valence-electron chi connectivity index (χ2n) is 7.33.